The Morgan fingerprint density at radius 3 is 2.62 bits per heavy atom. The van der Waals surface area contributed by atoms with Gasteiger partial charge < -0.3 is 9.64 Å². The third-order valence-electron chi connectivity index (χ3n) is 1.74. The maximum atomic E-state index is 5.15. The van der Waals surface area contributed by atoms with Crippen LogP contribution in [-0.4, -0.2) is 26.1 Å². The molecule has 0 unspecified atom stereocenters. The summed E-state index contributed by atoms with van der Waals surface area (Å²) in [6.07, 6.45) is 0. The number of methoxy groups -OCH3 is 1. The number of benzene rings is 1. The lowest BCUT2D eigenvalue weighted by Gasteiger charge is -2.12. The number of ether oxygens (including phenoxy) is 1. The molecule has 0 aliphatic rings. The Labute approximate surface area is 87.6 Å². The zero-order valence-corrected chi connectivity index (χ0v) is 9.76. The van der Waals surface area contributed by atoms with E-state index < -0.39 is 0 Å². The molecule has 0 aliphatic carbocycles. The predicted molar refractivity (Wildman–Crippen MR) is 58.1 cm³/mol. The third kappa shape index (κ3) is 3.01. The molecule has 0 aliphatic heterocycles. The van der Waals surface area contributed by atoms with E-state index in [0.717, 1.165) is 16.8 Å². The van der Waals surface area contributed by atoms with Crippen molar-refractivity contribution in [2.75, 3.05) is 21.2 Å². The number of hydrogen-bond acceptors (Lipinski definition) is 2. The summed E-state index contributed by atoms with van der Waals surface area (Å²) < 4.78 is 6.28. The van der Waals surface area contributed by atoms with E-state index in [4.69, 9.17) is 4.74 Å². The van der Waals surface area contributed by atoms with Crippen molar-refractivity contribution in [1.82, 2.24) is 4.90 Å². The van der Waals surface area contributed by atoms with Crippen LogP contribution in [-0.2, 0) is 6.54 Å². The SMILES string of the molecule is COc1ccc(Br)c(CN(C)C)c1. The van der Waals surface area contributed by atoms with Gasteiger partial charge in [-0.15, -0.1) is 0 Å². The smallest absolute Gasteiger partial charge is 0.119 e. The molecule has 72 valence electrons. The molecular weight excluding hydrogens is 230 g/mol. The lowest BCUT2D eigenvalue weighted by molar-refractivity contribution is 0.394. The van der Waals surface area contributed by atoms with Crippen molar-refractivity contribution >= 4 is 15.9 Å². The average molecular weight is 244 g/mol. The van der Waals surface area contributed by atoms with E-state index >= 15 is 0 Å². The molecule has 1 rings (SSSR count). The van der Waals surface area contributed by atoms with E-state index in [0.29, 0.717) is 0 Å². The molecular formula is C10H14BrNO. The largest absolute Gasteiger partial charge is 0.497 e. The van der Waals surface area contributed by atoms with Crippen LogP contribution in [0.25, 0.3) is 0 Å². The van der Waals surface area contributed by atoms with Crippen molar-refractivity contribution in [2.24, 2.45) is 0 Å². The van der Waals surface area contributed by atoms with Crippen molar-refractivity contribution in [3.8, 4) is 5.75 Å². The highest BCUT2D eigenvalue weighted by atomic mass is 79.9. The van der Waals surface area contributed by atoms with Gasteiger partial charge in [-0.3, -0.25) is 0 Å². The summed E-state index contributed by atoms with van der Waals surface area (Å²) in [7, 11) is 5.78. The minimum atomic E-state index is 0.903. The summed E-state index contributed by atoms with van der Waals surface area (Å²) in [4.78, 5) is 2.12. The van der Waals surface area contributed by atoms with Crippen molar-refractivity contribution in [2.45, 2.75) is 6.54 Å². The molecule has 0 amide bonds. The molecule has 0 fully saturated rings. The average Bonchev–Trinajstić information content (AvgIpc) is 2.08. The van der Waals surface area contributed by atoms with Gasteiger partial charge >= 0.3 is 0 Å². The number of rotatable bonds is 3. The third-order valence-corrected chi connectivity index (χ3v) is 2.51. The summed E-state index contributed by atoms with van der Waals surface area (Å²) in [6.45, 7) is 0.914. The molecule has 13 heavy (non-hydrogen) atoms. The highest BCUT2D eigenvalue weighted by Gasteiger charge is 2.02. The molecule has 1 aromatic carbocycles. The van der Waals surface area contributed by atoms with Crippen LogP contribution in [0.1, 0.15) is 5.56 Å². The Morgan fingerprint density at radius 2 is 2.08 bits per heavy atom. The second-order valence-corrected chi connectivity index (χ2v) is 4.05. The highest BCUT2D eigenvalue weighted by molar-refractivity contribution is 9.10. The normalized spacial score (nSPS) is 10.5. The Morgan fingerprint density at radius 1 is 1.38 bits per heavy atom. The fourth-order valence-corrected chi connectivity index (χ4v) is 1.51. The summed E-state index contributed by atoms with van der Waals surface area (Å²) in [5.74, 6) is 0.903. The minimum Gasteiger partial charge on any atom is -0.497 e. The van der Waals surface area contributed by atoms with Gasteiger partial charge in [0.25, 0.3) is 0 Å². The molecule has 0 atom stereocenters. The molecule has 0 N–H and O–H groups in total. The van der Waals surface area contributed by atoms with Gasteiger partial charge in [-0.1, -0.05) is 15.9 Å². The lowest BCUT2D eigenvalue weighted by Crippen LogP contribution is -2.11. The summed E-state index contributed by atoms with van der Waals surface area (Å²) in [6, 6.07) is 6.00. The number of nitrogens with zero attached hydrogens (tertiary/aromatic N) is 1. The summed E-state index contributed by atoms with van der Waals surface area (Å²) in [5, 5.41) is 0. The van der Waals surface area contributed by atoms with E-state index in [9.17, 15) is 0 Å². The van der Waals surface area contributed by atoms with Gasteiger partial charge in [-0.2, -0.15) is 0 Å². The molecule has 0 radical (unpaired) electrons. The van der Waals surface area contributed by atoms with Gasteiger partial charge in [0, 0.05) is 11.0 Å². The van der Waals surface area contributed by atoms with Gasteiger partial charge in [0.05, 0.1) is 7.11 Å². The summed E-state index contributed by atoms with van der Waals surface area (Å²) in [5.41, 5.74) is 1.24. The van der Waals surface area contributed by atoms with Crippen LogP contribution in [0, 0.1) is 0 Å². The van der Waals surface area contributed by atoms with Crippen molar-refractivity contribution < 1.29 is 4.74 Å². The van der Waals surface area contributed by atoms with Crippen LogP contribution in [0.4, 0.5) is 0 Å². The van der Waals surface area contributed by atoms with Crippen LogP contribution in [0.2, 0.25) is 0 Å². The Bertz CT molecular complexity index is 286. The second kappa shape index (κ2) is 4.63. The van der Waals surface area contributed by atoms with Crippen LogP contribution in [0.15, 0.2) is 22.7 Å². The first-order valence-electron chi connectivity index (χ1n) is 4.10. The van der Waals surface area contributed by atoms with Gasteiger partial charge in [0.1, 0.15) is 5.75 Å². The molecule has 1 aromatic rings. The van der Waals surface area contributed by atoms with Gasteiger partial charge in [0.2, 0.25) is 0 Å². The monoisotopic (exact) mass is 243 g/mol. The fourth-order valence-electron chi connectivity index (χ4n) is 1.14. The molecule has 0 aromatic heterocycles. The van der Waals surface area contributed by atoms with Crippen LogP contribution < -0.4 is 4.74 Å². The lowest BCUT2D eigenvalue weighted by atomic mass is 10.2. The first-order chi connectivity index (χ1) is 6.13. The second-order valence-electron chi connectivity index (χ2n) is 3.20. The standard InChI is InChI=1S/C10H14BrNO/c1-12(2)7-8-6-9(13-3)4-5-10(8)11/h4-6H,7H2,1-3H3. The first kappa shape index (κ1) is 10.5. The van der Waals surface area contributed by atoms with E-state index in [2.05, 4.69) is 20.8 Å². The Balaban J connectivity index is 2.90. The first-order valence-corrected chi connectivity index (χ1v) is 4.90. The topological polar surface area (TPSA) is 12.5 Å². The minimum absolute atomic E-state index is 0.903. The Kier molecular flexibility index (Phi) is 3.75. The van der Waals surface area contributed by atoms with Crippen LogP contribution in [0.3, 0.4) is 0 Å². The van der Waals surface area contributed by atoms with E-state index in [1.807, 2.05) is 32.3 Å². The predicted octanol–water partition coefficient (Wildman–Crippen LogP) is 2.52. The van der Waals surface area contributed by atoms with Crippen LogP contribution >= 0.6 is 15.9 Å². The van der Waals surface area contributed by atoms with Crippen LogP contribution in [0.5, 0.6) is 5.75 Å². The number of halogens is 1. The van der Waals surface area contributed by atoms with E-state index in [1.165, 1.54) is 5.56 Å². The summed E-state index contributed by atoms with van der Waals surface area (Å²) >= 11 is 3.51. The maximum absolute atomic E-state index is 5.15. The van der Waals surface area contributed by atoms with Gasteiger partial charge in [0.15, 0.2) is 0 Å². The van der Waals surface area contributed by atoms with Crippen molar-refractivity contribution in [3.05, 3.63) is 28.2 Å². The fraction of sp³-hybridized carbons (Fsp3) is 0.400. The number of hydrogen-bond donors (Lipinski definition) is 0. The van der Waals surface area contributed by atoms with E-state index in [-0.39, 0.29) is 0 Å². The zero-order chi connectivity index (χ0) is 9.84. The van der Waals surface area contributed by atoms with Gasteiger partial charge in [-0.25, -0.2) is 0 Å². The molecule has 0 bridgehead atoms. The zero-order valence-electron chi connectivity index (χ0n) is 8.17. The molecule has 3 heteroatoms. The Hall–Kier alpha value is -0.540. The quantitative estimate of drug-likeness (QED) is 0.810. The highest BCUT2D eigenvalue weighted by Crippen LogP contribution is 2.23. The molecule has 0 heterocycles. The van der Waals surface area contributed by atoms with E-state index in [1.54, 1.807) is 7.11 Å². The molecule has 0 saturated heterocycles. The molecule has 0 spiro atoms. The van der Waals surface area contributed by atoms with Crippen molar-refractivity contribution in [3.63, 3.8) is 0 Å². The maximum Gasteiger partial charge on any atom is 0.119 e. The molecule has 0 saturated carbocycles. The molecule has 2 nitrogen and oxygen atoms in total. The van der Waals surface area contributed by atoms with Crippen molar-refractivity contribution in [1.29, 1.82) is 0 Å². The van der Waals surface area contributed by atoms with Gasteiger partial charge in [-0.05, 0) is 37.9 Å².